The average molecular weight is 275 g/mol. The number of hydrazine groups is 1. The number of para-hydroxylation sites is 1. The van der Waals surface area contributed by atoms with Crippen molar-refractivity contribution in [2.24, 2.45) is 17.7 Å². The van der Waals surface area contributed by atoms with Crippen LogP contribution in [0.4, 0.5) is 0 Å². The van der Waals surface area contributed by atoms with E-state index in [0.717, 1.165) is 17.9 Å². The minimum atomic E-state index is 0.359. The molecule has 1 aliphatic rings. The molecule has 3 nitrogen and oxygen atoms in total. The van der Waals surface area contributed by atoms with Gasteiger partial charge >= 0.3 is 0 Å². The van der Waals surface area contributed by atoms with Gasteiger partial charge in [-0.1, -0.05) is 31.9 Å². The molecular formula is C15H21N3S. The molecule has 19 heavy (non-hydrogen) atoms. The van der Waals surface area contributed by atoms with Gasteiger partial charge in [0.2, 0.25) is 0 Å². The third kappa shape index (κ3) is 2.66. The first-order chi connectivity index (χ1) is 9.28. The van der Waals surface area contributed by atoms with Gasteiger partial charge in [-0.2, -0.15) is 0 Å². The molecule has 4 heteroatoms. The lowest BCUT2D eigenvalue weighted by Gasteiger charge is -2.25. The highest BCUT2D eigenvalue weighted by Crippen LogP contribution is 2.35. The molecule has 2 aromatic rings. The van der Waals surface area contributed by atoms with Gasteiger partial charge in [0.25, 0.3) is 0 Å². The van der Waals surface area contributed by atoms with Gasteiger partial charge < -0.3 is 0 Å². The number of aromatic nitrogens is 1. The number of hydrogen-bond donors (Lipinski definition) is 2. The fourth-order valence-electron chi connectivity index (χ4n) is 3.30. The summed E-state index contributed by atoms with van der Waals surface area (Å²) >= 11 is 1.79. The third-order valence-corrected chi connectivity index (χ3v) is 5.45. The lowest BCUT2D eigenvalue weighted by Crippen LogP contribution is -2.43. The standard InChI is InChI=1S/C15H21N3S/c1-10-5-4-6-11(10)13(18-16)9-15-17-12-7-2-3-8-14(12)19-15/h2-3,7-8,10-11,13,18H,4-6,9,16H2,1H3. The van der Waals surface area contributed by atoms with Crippen LogP contribution in [0.2, 0.25) is 0 Å². The summed E-state index contributed by atoms with van der Waals surface area (Å²) in [5.41, 5.74) is 4.14. The van der Waals surface area contributed by atoms with E-state index in [4.69, 9.17) is 10.8 Å². The summed E-state index contributed by atoms with van der Waals surface area (Å²) in [4.78, 5) is 4.72. The molecule has 0 aliphatic heterocycles. The number of rotatable bonds is 4. The molecule has 1 aromatic carbocycles. The number of thiazole rings is 1. The van der Waals surface area contributed by atoms with Gasteiger partial charge in [0.05, 0.1) is 15.2 Å². The van der Waals surface area contributed by atoms with Crippen LogP contribution in [-0.4, -0.2) is 11.0 Å². The normalized spacial score (nSPS) is 24.9. The zero-order valence-corrected chi connectivity index (χ0v) is 12.1. The molecule has 1 fully saturated rings. The highest BCUT2D eigenvalue weighted by atomic mass is 32.1. The van der Waals surface area contributed by atoms with Gasteiger partial charge in [0.1, 0.15) is 0 Å². The van der Waals surface area contributed by atoms with Crippen LogP contribution in [0.3, 0.4) is 0 Å². The largest absolute Gasteiger partial charge is 0.271 e. The van der Waals surface area contributed by atoms with Crippen LogP contribution in [0.25, 0.3) is 10.2 Å². The van der Waals surface area contributed by atoms with Crippen LogP contribution < -0.4 is 11.3 Å². The highest BCUT2D eigenvalue weighted by molar-refractivity contribution is 7.18. The second-order valence-electron chi connectivity index (χ2n) is 5.62. The van der Waals surface area contributed by atoms with Crippen molar-refractivity contribution in [2.45, 2.75) is 38.6 Å². The van der Waals surface area contributed by atoms with Crippen molar-refractivity contribution in [1.82, 2.24) is 10.4 Å². The monoisotopic (exact) mass is 275 g/mol. The number of benzene rings is 1. The van der Waals surface area contributed by atoms with E-state index in [9.17, 15) is 0 Å². The predicted molar refractivity (Wildman–Crippen MR) is 80.9 cm³/mol. The predicted octanol–water partition coefficient (Wildman–Crippen LogP) is 3.11. The molecule has 0 radical (unpaired) electrons. The summed E-state index contributed by atoms with van der Waals surface area (Å²) in [6, 6.07) is 8.70. The van der Waals surface area contributed by atoms with Crippen molar-refractivity contribution in [3.63, 3.8) is 0 Å². The molecule has 102 valence electrons. The molecule has 1 heterocycles. The van der Waals surface area contributed by atoms with Gasteiger partial charge in [-0.3, -0.25) is 11.3 Å². The van der Waals surface area contributed by atoms with E-state index in [1.807, 2.05) is 6.07 Å². The second-order valence-corrected chi connectivity index (χ2v) is 6.74. The van der Waals surface area contributed by atoms with Crippen LogP contribution in [-0.2, 0) is 6.42 Å². The first-order valence-electron chi connectivity index (χ1n) is 7.08. The van der Waals surface area contributed by atoms with Crippen LogP contribution in [0.5, 0.6) is 0 Å². The van der Waals surface area contributed by atoms with Crippen LogP contribution in [0, 0.1) is 11.8 Å². The van der Waals surface area contributed by atoms with Crippen molar-refractivity contribution >= 4 is 21.6 Å². The Morgan fingerprint density at radius 2 is 2.26 bits per heavy atom. The topological polar surface area (TPSA) is 50.9 Å². The van der Waals surface area contributed by atoms with Crippen molar-refractivity contribution in [2.75, 3.05) is 0 Å². The Morgan fingerprint density at radius 3 is 2.95 bits per heavy atom. The Balaban J connectivity index is 1.78. The Kier molecular flexibility index (Phi) is 3.82. The number of fused-ring (bicyclic) bond motifs is 1. The maximum atomic E-state index is 5.78. The van der Waals surface area contributed by atoms with Crippen molar-refractivity contribution in [1.29, 1.82) is 0 Å². The summed E-state index contributed by atoms with van der Waals surface area (Å²) < 4.78 is 1.27. The molecule has 3 N–H and O–H groups in total. The zero-order valence-electron chi connectivity index (χ0n) is 11.3. The number of nitrogens with zero attached hydrogens (tertiary/aromatic N) is 1. The van der Waals surface area contributed by atoms with E-state index < -0.39 is 0 Å². The number of nitrogens with two attached hydrogens (primary N) is 1. The minimum Gasteiger partial charge on any atom is -0.271 e. The average Bonchev–Trinajstić information content (AvgIpc) is 3.01. The summed E-state index contributed by atoms with van der Waals surface area (Å²) in [6.45, 7) is 2.35. The molecule has 0 spiro atoms. The number of hydrogen-bond acceptors (Lipinski definition) is 4. The fraction of sp³-hybridized carbons (Fsp3) is 0.533. The molecule has 1 aromatic heterocycles. The van der Waals surface area contributed by atoms with E-state index in [1.165, 1.54) is 29.0 Å². The molecule has 1 aliphatic carbocycles. The van der Waals surface area contributed by atoms with Gasteiger partial charge in [0, 0.05) is 12.5 Å². The molecule has 3 unspecified atom stereocenters. The van der Waals surface area contributed by atoms with Crippen LogP contribution in [0.1, 0.15) is 31.2 Å². The Bertz CT molecular complexity index is 518. The fourth-order valence-corrected chi connectivity index (χ4v) is 4.33. The summed E-state index contributed by atoms with van der Waals surface area (Å²) in [6.07, 6.45) is 4.92. The van der Waals surface area contributed by atoms with Crippen molar-refractivity contribution < 1.29 is 0 Å². The van der Waals surface area contributed by atoms with E-state index in [0.29, 0.717) is 12.0 Å². The minimum absolute atomic E-state index is 0.359. The molecule has 3 atom stereocenters. The molecule has 0 amide bonds. The highest BCUT2D eigenvalue weighted by Gasteiger charge is 2.30. The SMILES string of the molecule is CC1CCCC1C(Cc1nc2ccccc2s1)NN. The summed E-state index contributed by atoms with van der Waals surface area (Å²) in [5.74, 6) is 7.25. The molecule has 0 saturated heterocycles. The van der Waals surface area contributed by atoms with Gasteiger partial charge in [-0.05, 0) is 30.4 Å². The quantitative estimate of drug-likeness (QED) is 0.666. The third-order valence-electron chi connectivity index (χ3n) is 4.39. The maximum absolute atomic E-state index is 5.78. The van der Waals surface area contributed by atoms with Crippen LogP contribution >= 0.6 is 11.3 Å². The lowest BCUT2D eigenvalue weighted by molar-refractivity contribution is 0.297. The van der Waals surface area contributed by atoms with Gasteiger partial charge in [-0.25, -0.2) is 4.98 Å². The number of nitrogens with one attached hydrogen (secondary N) is 1. The second kappa shape index (κ2) is 5.57. The van der Waals surface area contributed by atoms with Crippen LogP contribution in [0.15, 0.2) is 24.3 Å². The Morgan fingerprint density at radius 1 is 1.42 bits per heavy atom. The molecule has 3 rings (SSSR count). The Labute approximate surface area is 118 Å². The van der Waals surface area contributed by atoms with E-state index in [1.54, 1.807) is 11.3 Å². The van der Waals surface area contributed by atoms with Crippen molar-refractivity contribution in [3.8, 4) is 0 Å². The van der Waals surface area contributed by atoms with Gasteiger partial charge in [0.15, 0.2) is 0 Å². The maximum Gasteiger partial charge on any atom is 0.0954 e. The summed E-state index contributed by atoms with van der Waals surface area (Å²) in [7, 11) is 0. The van der Waals surface area contributed by atoms with E-state index in [2.05, 4.69) is 30.5 Å². The molecule has 0 bridgehead atoms. The summed E-state index contributed by atoms with van der Waals surface area (Å²) in [5, 5.41) is 1.20. The first kappa shape index (κ1) is 13.0. The van der Waals surface area contributed by atoms with E-state index in [-0.39, 0.29) is 0 Å². The molecular weight excluding hydrogens is 254 g/mol. The van der Waals surface area contributed by atoms with Gasteiger partial charge in [-0.15, -0.1) is 11.3 Å². The van der Waals surface area contributed by atoms with E-state index >= 15 is 0 Å². The zero-order chi connectivity index (χ0) is 13.2. The lowest BCUT2D eigenvalue weighted by atomic mass is 9.89. The van der Waals surface area contributed by atoms with Crippen molar-refractivity contribution in [3.05, 3.63) is 29.3 Å². The Hall–Kier alpha value is -0.970. The molecule has 1 saturated carbocycles. The smallest absolute Gasteiger partial charge is 0.0954 e. The first-order valence-corrected chi connectivity index (χ1v) is 7.90.